The summed E-state index contributed by atoms with van der Waals surface area (Å²) in [5.41, 5.74) is 0.447. The van der Waals surface area contributed by atoms with Crippen molar-refractivity contribution >= 4 is 40.1 Å². The van der Waals surface area contributed by atoms with E-state index in [1.807, 2.05) is 13.8 Å². The van der Waals surface area contributed by atoms with E-state index in [1.165, 1.54) is 7.11 Å². The molecule has 0 heterocycles. The Morgan fingerprint density at radius 2 is 2.15 bits per heavy atom. The lowest BCUT2D eigenvalue weighted by atomic mass is 10.2. The van der Waals surface area contributed by atoms with Crippen LogP contribution in [0.15, 0.2) is 12.1 Å². The van der Waals surface area contributed by atoms with Crippen LogP contribution in [0.2, 0.25) is 5.02 Å². The van der Waals surface area contributed by atoms with E-state index in [1.54, 1.807) is 12.1 Å². The van der Waals surface area contributed by atoms with Crippen molar-refractivity contribution in [3.8, 4) is 5.75 Å². The molecule has 0 saturated heterocycles. The summed E-state index contributed by atoms with van der Waals surface area (Å²) in [5.74, 6) is 0.333. The molecule has 0 bridgehead atoms. The highest BCUT2D eigenvalue weighted by atomic mass is 127. The van der Waals surface area contributed by atoms with Crippen molar-refractivity contribution in [3.63, 3.8) is 0 Å². The normalized spacial score (nSPS) is 10.7. The summed E-state index contributed by atoms with van der Waals surface area (Å²) in [6, 6.07) is 3.38. The van der Waals surface area contributed by atoms with Crippen LogP contribution < -0.4 is 10.1 Å². The standard InChI is InChI=1S/C14H19ClINO3/c1-9(2)20-6-4-5-17-14(18)10-7-11(15)12(16)8-13(10)19-3/h7-9H,4-6H2,1-3H3,(H,17,18). The molecule has 1 aromatic carbocycles. The Morgan fingerprint density at radius 3 is 2.75 bits per heavy atom. The first-order valence-corrected chi connectivity index (χ1v) is 7.84. The van der Waals surface area contributed by atoms with Crippen LogP contribution in [-0.4, -0.2) is 32.3 Å². The van der Waals surface area contributed by atoms with Gasteiger partial charge in [-0.25, -0.2) is 0 Å². The quantitative estimate of drug-likeness (QED) is 0.552. The Morgan fingerprint density at radius 1 is 1.45 bits per heavy atom. The van der Waals surface area contributed by atoms with E-state index < -0.39 is 0 Å². The van der Waals surface area contributed by atoms with Gasteiger partial charge >= 0.3 is 0 Å². The molecule has 0 radical (unpaired) electrons. The SMILES string of the molecule is COc1cc(I)c(Cl)cc1C(=O)NCCCOC(C)C. The molecular formula is C14H19ClINO3. The van der Waals surface area contributed by atoms with Gasteiger partial charge in [0.25, 0.3) is 5.91 Å². The predicted molar refractivity (Wildman–Crippen MR) is 88.8 cm³/mol. The zero-order valence-corrected chi connectivity index (χ0v) is 14.7. The van der Waals surface area contributed by atoms with Crippen molar-refractivity contribution in [1.82, 2.24) is 5.32 Å². The molecule has 0 aliphatic rings. The number of methoxy groups -OCH3 is 1. The van der Waals surface area contributed by atoms with E-state index >= 15 is 0 Å². The van der Waals surface area contributed by atoms with Crippen LogP contribution in [0.25, 0.3) is 0 Å². The molecule has 0 atom stereocenters. The highest BCUT2D eigenvalue weighted by Gasteiger charge is 2.14. The number of ether oxygens (including phenoxy) is 2. The molecule has 0 unspecified atom stereocenters. The average Bonchev–Trinajstić information content (AvgIpc) is 2.40. The zero-order valence-electron chi connectivity index (χ0n) is 11.8. The Hall–Kier alpha value is -0.530. The molecule has 6 heteroatoms. The first kappa shape index (κ1) is 17.5. The third-order valence-electron chi connectivity index (χ3n) is 2.54. The molecule has 1 rings (SSSR count). The predicted octanol–water partition coefficient (Wildman–Crippen LogP) is 3.50. The summed E-state index contributed by atoms with van der Waals surface area (Å²) < 4.78 is 11.5. The van der Waals surface area contributed by atoms with Crippen LogP contribution in [0, 0.1) is 3.57 Å². The first-order chi connectivity index (χ1) is 9.45. The lowest BCUT2D eigenvalue weighted by Gasteiger charge is -2.11. The second-order valence-corrected chi connectivity index (χ2v) is 6.06. The fraction of sp³-hybridized carbons (Fsp3) is 0.500. The molecule has 1 N–H and O–H groups in total. The van der Waals surface area contributed by atoms with Gasteiger partial charge in [0.15, 0.2) is 0 Å². The number of nitrogens with one attached hydrogen (secondary N) is 1. The van der Waals surface area contributed by atoms with Crippen molar-refractivity contribution in [2.45, 2.75) is 26.4 Å². The number of rotatable bonds is 7. The molecule has 112 valence electrons. The maximum atomic E-state index is 12.1. The molecule has 0 aliphatic carbocycles. The van der Waals surface area contributed by atoms with Gasteiger partial charge in [0.05, 0.1) is 23.8 Å². The van der Waals surface area contributed by atoms with Crippen molar-refractivity contribution in [1.29, 1.82) is 0 Å². The highest BCUT2D eigenvalue weighted by molar-refractivity contribution is 14.1. The minimum Gasteiger partial charge on any atom is -0.496 e. The molecule has 0 saturated carbocycles. The van der Waals surface area contributed by atoms with E-state index in [4.69, 9.17) is 21.1 Å². The van der Waals surface area contributed by atoms with Gasteiger partial charge in [-0.05, 0) is 55.0 Å². The molecular weight excluding hydrogens is 393 g/mol. The summed E-state index contributed by atoms with van der Waals surface area (Å²) in [5, 5.41) is 3.38. The molecule has 20 heavy (non-hydrogen) atoms. The fourth-order valence-electron chi connectivity index (χ4n) is 1.56. The minimum atomic E-state index is -0.190. The van der Waals surface area contributed by atoms with Crippen LogP contribution in [0.4, 0.5) is 0 Å². The Kier molecular flexibility index (Phi) is 7.61. The number of hydrogen-bond donors (Lipinski definition) is 1. The molecule has 0 fully saturated rings. The number of benzene rings is 1. The van der Waals surface area contributed by atoms with E-state index in [0.29, 0.717) is 29.5 Å². The van der Waals surface area contributed by atoms with Crippen LogP contribution in [0.5, 0.6) is 5.75 Å². The topological polar surface area (TPSA) is 47.6 Å². The first-order valence-electron chi connectivity index (χ1n) is 6.38. The summed E-state index contributed by atoms with van der Waals surface area (Å²) in [6.07, 6.45) is 0.977. The molecule has 0 aliphatic heterocycles. The van der Waals surface area contributed by atoms with Gasteiger partial charge < -0.3 is 14.8 Å². The van der Waals surface area contributed by atoms with E-state index in [-0.39, 0.29) is 12.0 Å². The fourth-order valence-corrected chi connectivity index (χ4v) is 2.17. The van der Waals surface area contributed by atoms with Gasteiger partial charge in [-0.2, -0.15) is 0 Å². The summed E-state index contributed by atoms with van der Waals surface area (Å²) >= 11 is 8.14. The average molecular weight is 412 g/mol. The van der Waals surface area contributed by atoms with Crippen molar-refractivity contribution in [2.75, 3.05) is 20.3 Å². The molecule has 4 nitrogen and oxygen atoms in total. The van der Waals surface area contributed by atoms with Gasteiger partial charge in [0.1, 0.15) is 5.75 Å². The van der Waals surface area contributed by atoms with Crippen LogP contribution in [0.1, 0.15) is 30.6 Å². The summed E-state index contributed by atoms with van der Waals surface area (Å²) in [6.45, 7) is 5.15. The third-order valence-corrected chi connectivity index (χ3v) is 4.07. The summed E-state index contributed by atoms with van der Waals surface area (Å²) in [7, 11) is 1.53. The lowest BCUT2D eigenvalue weighted by molar-refractivity contribution is 0.0757. The third kappa shape index (κ3) is 5.46. The van der Waals surface area contributed by atoms with Gasteiger partial charge in [0.2, 0.25) is 0 Å². The Labute approximate surface area is 138 Å². The molecule has 1 aromatic rings. The van der Waals surface area contributed by atoms with E-state index in [0.717, 1.165) is 9.99 Å². The van der Waals surface area contributed by atoms with Gasteiger partial charge in [-0.15, -0.1) is 0 Å². The second-order valence-electron chi connectivity index (χ2n) is 4.50. The van der Waals surface area contributed by atoms with Crippen LogP contribution in [-0.2, 0) is 4.74 Å². The minimum absolute atomic E-state index is 0.190. The number of amides is 1. The van der Waals surface area contributed by atoms with Crippen molar-refractivity contribution < 1.29 is 14.3 Å². The van der Waals surface area contributed by atoms with Gasteiger partial charge in [0, 0.05) is 16.7 Å². The lowest BCUT2D eigenvalue weighted by Crippen LogP contribution is -2.26. The Bertz CT molecular complexity index is 466. The smallest absolute Gasteiger partial charge is 0.255 e. The van der Waals surface area contributed by atoms with Crippen molar-refractivity contribution in [3.05, 3.63) is 26.3 Å². The van der Waals surface area contributed by atoms with Gasteiger partial charge in [-0.1, -0.05) is 11.6 Å². The second kappa shape index (κ2) is 8.69. The zero-order chi connectivity index (χ0) is 15.1. The van der Waals surface area contributed by atoms with E-state index in [9.17, 15) is 4.79 Å². The Balaban J connectivity index is 2.57. The number of hydrogen-bond acceptors (Lipinski definition) is 3. The van der Waals surface area contributed by atoms with Crippen LogP contribution >= 0.6 is 34.2 Å². The molecule has 0 spiro atoms. The van der Waals surface area contributed by atoms with Crippen molar-refractivity contribution in [2.24, 2.45) is 0 Å². The van der Waals surface area contributed by atoms with Crippen LogP contribution in [0.3, 0.4) is 0 Å². The van der Waals surface area contributed by atoms with E-state index in [2.05, 4.69) is 27.9 Å². The highest BCUT2D eigenvalue weighted by Crippen LogP contribution is 2.28. The molecule has 1 amide bonds. The largest absolute Gasteiger partial charge is 0.496 e. The maximum Gasteiger partial charge on any atom is 0.255 e. The monoisotopic (exact) mass is 411 g/mol. The van der Waals surface area contributed by atoms with Gasteiger partial charge in [-0.3, -0.25) is 4.79 Å². The number of halogens is 2. The summed E-state index contributed by atoms with van der Waals surface area (Å²) in [4.78, 5) is 12.1. The number of carbonyl (C=O) groups is 1. The molecule has 0 aromatic heterocycles. The maximum absolute atomic E-state index is 12.1. The number of carbonyl (C=O) groups excluding carboxylic acids is 1.